The van der Waals surface area contributed by atoms with E-state index >= 15 is 0 Å². The van der Waals surface area contributed by atoms with Gasteiger partial charge >= 0.3 is 11.7 Å². The van der Waals surface area contributed by atoms with Crippen molar-refractivity contribution in [3.8, 4) is 0 Å². The quantitative estimate of drug-likeness (QED) is 0.649. The Morgan fingerprint density at radius 2 is 2.43 bits per heavy atom. The summed E-state index contributed by atoms with van der Waals surface area (Å²) < 4.78 is 0.581. The molecule has 0 aromatic carbocycles. The molecule has 0 saturated heterocycles. The molecular weight excluding hydrogens is 276 g/mol. The first kappa shape index (κ1) is 10.9. The summed E-state index contributed by atoms with van der Waals surface area (Å²) in [4.78, 5) is 20.1. The zero-order valence-corrected chi connectivity index (χ0v) is 9.09. The van der Waals surface area contributed by atoms with E-state index in [1.54, 1.807) is 0 Å². The molecule has 0 aliphatic heterocycles. The van der Waals surface area contributed by atoms with E-state index < -0.39 is 10.9 Å². The smallest absolute Gasteiger partial charge is 0.322 e. The van der Waals surface area contributed by atoms with Crippen molar-refractivity contribution in [1.82, 2.24) is 0 Å². The monoisotopic (exact) mass is 280 g/mol. The van der Waals surface area contributed by atoms with Gasteiger partial charge in [0.05, 0.1) is 8.71 Å². The molecule has 0 saturated carbocycles. The van der Waals surface area contributed by atoms with Crippen molar-refractivity contribution in [2.45, 2.75) is 0 Å². The van der Waals surface area contributed by atoms with E-state index in [9.17, 15) is 14.9 Å². The summed E-state index contributed by atoms with van der Waals surface area (Å²) in [5, 5.41) is 21.6. The van der Waals surface area contributed by atoms with Gasteiger partial charge < -0.3 is 10.4 Å². The van der Waals surface area contributed by atoms with E-state index in [0.29, 0.717) is 3.79 Å². The molecule has 14 heavy (non-hydrogen) atoms. The highest BCUT2D eigenvalue weighted by Crippen LogP contribution is 2.37. The number of nitro groups is 1. The number of hydrogen-bond acceptors (Lipinski definition) is 5. The maximum absolute atomic E-state index is 10.5. The Labute approximate surface area is 90.8 Å². The minimum atomic E-state index is -1.07. The topological polar surface area (TPSA) is 92.5 Å². The molecule has 0 aliphatic carbocycles. The lowest BCUT2D eigenvalue weighted by Crippen LogP contribution is -2.12. The van der Waals surface area contributed by atoms with Crippen molar-refractivity contribution in [2.75, 3.05) is 11.9 Å². The van der Waals surface area contributed by atoms with Crippen LogP contribution in [0.25, 0.3) is 0 Å². The normalized spacial score (nSPS) is 9.79. The van der Waals surface area contributed by atoms with E-state index in [0.717, 1.165) is 11.3 Å². The molecule has 0 aliphatic rings. The van der Waals surface area contributed by atoms with Crippen LogP contribution in [-0.2, 0) is 4.79 Å². The Kier molecular flexibility index (Phi) is 3.42. The first-order valence-electron chi connectivity index (χ1n) is 3.40. The van der Waals surface area contributed by atoms with Gasteiger partial charge in [-0.25, -0.2) is 0 Å². The Balaban J connectivity index is 2.84. The van der Waals surface area contributed by atoms with Crippen LogP contribution < -0.4 is 5.32 Å². The summed E-state index contributed by atoms with van der Waals surface area (Å²) >= 11 is 4.17. The predicted octanol–water partition coefficient (Wildman–Crippen LogP) is 1.92. The van der Waals surface area contributed by atoms with Crippen LogP contribution in [0.4, 0.5) is 10.7 Å². The van der Waals surface area contributed by atoms with E-state index in [2.05, 4.69) is 21.2 Å². The maximum Gasteiger partial charge on any atom is 0.322 e. The summed E-state index contributed by atoms with van der Waals surface area (Å²) in [7, 11) is 0. The van der Waals surface area contributed by atoms with Crippen molar-refractivity contribution in [2.24, 2.45) is 0 Å². The molecular formula is C6H5BrN2O4S. The predicted molar refractivity (Wildman–Crippen MR) is 54.8 cm³/mol. The number of anilines is 1. The van der Waals surface area contributed by atoms with Crippen molar-refractivity contribution < 1.29 is 14.8 Å². The Bertz CT molecular complexity index is 378. The highest BCUT2D eigenvalue weighted by molar-refractivity contribution is 9.11. The lowest BCUT2D eigenvalue weighted by molar-refractivity contribution is -0.383. The van der Waals surface area contributed by atoms with Gasteiger partial charge in [-0.15, -0.1) is 11.3 Å². The Morgan fingerprint density at radius 3 is 2.93 bits per heavy atom. The second-order valence-electron chi connectivity index (χ2n) is 2.27. The molecule has 0 unspecified atom stereocenters. The minimum absolute atomic E-state index is 0.122. The van der Waals surface area contributed by atoms with Crippen LogP contribution in [0, 0.1) is 10.1 Å². The number of carboxylic acid groups (broad SMARTS) is 1. The molecule has 0 atom stereocenters. The number of hydrogen-bond donors (Lipinski definition) is 2. The van der Waals surface area contributed by atoms with E-state index in [4.69, 9.17) is 5.11 Å². The first-order valence-corrected chi connectivity index (χ1v) is 5.01. The second kappa shape index (κ2) is 4.38. The van der Waals surface area contributed by atoms with Gasteiger partial charge in [-0.2, -0.15) is 0 Å². The average Bonchev–Trinajstić information content (AvgIpc) is 2.43. The number of nitrogens with zero attached hydrogens (tertiary/aromatic N) is 1. The van der Waals surface area contributed by atoms with Gasteiger partial charge in [-0.3, -0.25) is 14.9 Å². The van der Waals surface area contributed by atoms with Crippen molar-refractivity contribution in [3.05, 3.63) is 20.0 Å². The van der Waals surface area contributed by atoms with Crippen LogP contribution >= 0.6 is 27.3 Å². The van der Waals surface area contributed by atoms with E-state index in [1.165, 1.54) is 6.07 Å². The van der Waals surface area contributed by atoms with Gasteiger partial charge in [-0.05, 0) is 15.9 Å². The average molecular weight is 281 g/mol. The highest BCUT2D eigenvalue weighted by Gasteiger charge is 2.18. The van der Waals surface area contributed by atoms with E-state index in [-0.39, 0.29) is 17.2 Å². The fraction of sp³-hybridized carbons (Fsp3) is 0.167. The number of rotatable bonds is 4. The summed E-state index contributed by atoms with van der Waals surface area (Å²) in [5.74, 6) is -1.07. The molecule has 8 heteroatoms. The van der Waals surface area contributed by atoms with Crippen LogP contribution in [0.1, 0.15) is 0 Å². The van der Waals surface area contributed by atoms with Crippen LogP contribution in [0.2, 0.25) is 0 Å². The summed E-state index contributed by atoms with van der Waals surface area (Å²) in [6, 6.07) is 1.33. The third kappa shape index (κ3) is 2.67. The van der Waals surface area contributed by atoms with Crippen molar-refractivity contribution in [1.29, 1.82) is 0 Å². The fourth-order valence-corrected chi connectivity index (χ4v) is 2.22. The van der Waals surface area contributed by atoms with Crippen molar-refractivity contribution >= 4 is 43.9 Å². The van der Waals surface area contributed by atoms with E-state index in [1.807, 2.05) is 0 Å². The van der Waals surface area contributed by atoms with Crippen LogP contribution in [0.5, 0.6) is 0 Å². The Hall–Kier alpha value is -1.15. The molecule has 0 spiro atoms. The maximum atomic E-state index is 10.5. The standard InChI is InChI=1S/C6H5BrN2O4S/c7-4-1-3(9(12)13)6(14-4)8-2-5(10)11/h1,8H,2H2,(H,10,11). The molecule has 0 fully saturated rings. The molecule has 6 nitrogen and oxygen atoms in total. The van der Waals surface area contributed by atoms with Crippen LogP contribution in [0.15, 0.2) is 9.85 Å². The van der Waals surface area contributed by atoms with Gasteiger partial charge in [0.15, 0.2) is 5.00 Å². The lowest BCUT2D eigenvalue weighted by atomic mass is 10.5. The largest absolute Gasteiger partial charge is 0.480 e. The van der Waals surface area contributed by atoms with Gasteiger partial charge in [-0.1, -0.05) is 0 Å². The molecule has 1 heterocycles. The highest BCUT2D eigenvalue weighted by atomic mass is 79.9. The fourth-order valence-electron chi connectivity index (χ4n) is 0.770. The summed E-state index contributed by atoms with van der Waals surface area (Å²) in [5.41, 5.74) is -0.122. The third-order valence-electron chi connectivity index (χ3n) is 1.28. The number of halogens is 1. The third-order valence-corrected chi connectivity index (χ3v) is 2.86. The van der Waals surface area contributed by atoms with Crippen LogP contribution in [-0.4, -0.2) is 22.5 Å². The van der Waals surface area contributed by atoms with Crippen LogP contribution in [0.3, 0.4) is 0 Å². The number of carboxylic acids is 1. The lowest BCUT2D eigenvalue weighted by Gasteiger charge is -1.97. The zero-order valence-electron chi connectivity index (χ0n) is 6.69. The molecule has 1 aromatic heterocycles. The molecule has 0 amide bonds. The number of carbonyl (C=O) groups is 1. The minimum Gasteiger partial charge on any atom is -0.480 e. The molecule has 2 N–H and O–H groups in total. The molecule has 1 rings (SSSR count). The second-order valence-corrected chi connectivity index (χ2v) is 4.70. The van der Waals surface area contributed by atoms with Gasteiger partial charge in [0.25, 0.3) is 0 Å². The molecule has 76 valence electrons. The van der Waals surface area contributed by atoms with Crippen molar-refractivity contribution in [3.63, 3.8) is 0 Å². The number of thiophene rings is 1. The molecule has 1 aromatic rings. The first-order chi connectivity index (χ1) is 6.50. The van der Waals surface area contributed by atoms with Gasteiger partial charge in [0, 0.05) is 6.07 Å². The molecule has 0 bridgehead atoms. The molecule has 0 radical (unpaired) electrons. The number of aliphatic carboxylic acids is 1. The van der Waals surface area contributed by atoms with Gasteiger partial charge in [0.2, 0.25) is 0 Å². The zero-order chi connectivity index (χ0) is 10.7. The van der Waals surface area contributed by atoms with Gasteiger partial charge in [0.1, 0.15) is 6.54 Å². The Morgan fingerprint density at radius 1 is 1.79 bits per heavy atom. The summed E-state index contributed by atoms with van der Waals surface area (Å²) in [6.07, 6.45) is 0. The number of nitrogens with one attached hydrogen (secondary N) is 1. The summed E-state index contributed by atoms with van der Waals surface area (Å²) in [6.45, 7) is -0.339. The SMILES string of the molecule is O=C(O)CNc1sc(Br)cc1[N+](=O)[O-].